The Morgan fingerprint density at radius 2 is 1.67 bits per heavy atom. The molecule has 0 aromatic rings. The summed E-state index contributed by atoms with van der Waals surface area (Å²) in [5.74, 6) is 0. The minimum atomic E-state index is -1.36. The second-order valence-electron chi connectivity index (χ2n) is 0.253. The van der Waals surface area contributed by atoms with Crippen LogP contribution in [0.1, 0.15) is 0 Å². The summed E-state index contributed by atoms with van der Waals surface area (Å²) in [5, 5.41) is 14.2. The molecular weight excluding hydrogens is 107 g/mol. The van der Waals surface area contributed by atoms with E-state index in [1.54, 1.807) is 0 Å². The van der Waals surface area contributed by atoms with E-state index in [0.717, 1.165) is 7.11 Å². The molecule has 0 unspecified atom stereocenters. The summed E-state index contributed by atoms with van der Waals surface area (Å²) in [5.41, 5.74) is -1.36. The highest BCUT2D eigenvalue weighted by Gasteiger charge is 1.71. The Kier molecular flexibility index (Phi) is 13.5. The van der Waals surface area contributed by atoms with E-state index in [4.69, 9.17) is 15.0 Å². The van der Waals surface area contributed by atoms with Crippen molar-refractivity contribution in [2.24, 2.45) is 0 Å². The molecule has 0 fully saturated rings. The molecule has 0 aromatic carbocycles. The molecule has 2 N–H and O–H groups in total. The Morgan fingerprint density at radius 1 is 1.67 bits per heavy atom. The van der Waals surface area contributed by atoms with Crippen molar-refractivity contribution in [3.8, 4) is 0 Å². The fraction of sp³-hybridized carbons (Fsp3) is 0.500. The van der Waals surface area contributed by atoms with Crippen molar-refractivity contribution in [3.05, 3.63) is 0 Å². The molecule has 6 heavy (non-hydrogen) atoms. The zero-order chi connectivity index (χ0) is 5.58. The highest BCUT2D eigenvalue weighted by molar-refractivity contribution is 6.60. The first-order valence-electron chi connectivity index (χ1n) is 1.06. The first-order chi connectivity index (χ1) is 2.73. The average Bonchev–Trinajstić information content (AvgIpc) is 1.41. The van der Waals surface area contributed by atoms with Gasteiger partial charge < -0.3 is 10.2 Å². The summed E-state index contributed by atoms with van der Waals surface area (Å²) in [7, 11) is 1.00. The fourth-order valence-electron chi connectivity index (χ4n) is 0. The number of carboxylic acid groups (broad SMARTS) is 1. The number of carbonyl (C=O) groups is 1. The Bertz CT molecular complexity index is 31.8. The van der Waals surface area contributed by atoms with Gasteiger partial charge in [0.25, 0.3) is 0 Å². The summed E-state index contributed by atoms with van der Waals surface area (Å²) in [6, 6.07) is 0. The summed E-state index contributed by atoms with van der Waals surface area (Å²) < 4.78 is 0. The smallest absolute Gasteiger partial charge is 0.401 e. The van der Waals surface area contributed by atoms with Crippen LogP contribution in [-0.4, -0.2) is 22.8 Å². The number of hydrogen-bond acceptors (Lipinski definition) is 2. The maximum absolute atomic E-state index is 8.77. The van der Waals surface area contributed by atoms with E-state index in [1.807, 2.05) is 0 Å². The lowest BCUT2D eigenvalue weighted by atomic mass is 11.6. The van der Waals surface area contributed by atoms with Crippen molar-refractivity contribution in [2.75, 3.05) is 7.11 Å². The van der Waals surface area contributed by atoms with E-state index < -0.39 is 5.43 Å². The van der Waals surface area contributed by atoms with Crippen molar-refractivity contribution in [1.29, 1.82) is 0 Å². The zero-order valence-corrected chi connectivity index (χ0v) is 3.94. The van der Waals surface area contributed by atoms with Gasteiger partial charge in [-0.3, -0.25) is 0 Å². The predicted octanol–water partition coefficient (Wildman–Crippen LogP) is 0.512. The molecule has 0 radical (unpaired) electrons. The topological polar surface area (TPSA) is 57.5 Å². The van der Waals surface area contributed by atoms with Crippen molar-refractivity contribution in [1.82, 2.24) is 0 Å². The fourth-order valence-corrected chi connectivity index (χ4v) is 0. The van der Waals surface area contributed by atoms with Gasteiger partial charge in [-0.2, -0.15) is 0 Å². The Labute approximate surface area is 40.2 Å². The molecule has 0 aliphatic carbocycles. The van der Waals surface area contributed by atoms with E-state index in [0.29, 0.717) is 0 Å². The second kappa shape index (κ2) is 8.83. The summed E-state index contributed by atoms with van der Waals surface area (Å²) in [4.78, 5) is 8.77. The lowest BCUT2D eigenvalue weighted by Gasteiger charge is -1.55. The molecule has 0 heterocycles. The van der Waals surface area contributed by atoms with Gasteiger partial charge >= 0.3 is 5.43 Å². The molecule has 0 aromatic heterocycles. The van der Waals surface area contributed by atoms with Gasteiger partial charge in [-0.25, -0.2) is 4.79 Å². The third-order valence-corrected chi connectivity index (χ3v) is 0. The highest BCUT2D eigenvalue weighted by atomic mass is 35.5. The van der Waals surface area contributed by atoms with Gasteiger partial charge in [-0.1, -0.05) is 0 Å². The van der Waals surface area contributed by atoms with Crippen LogP contribution < -0.4 is 0 Å². The van der Waals surface area contributed by atoms with Gasteiger partial charge in [-0.05, 0) is 0 Å². The van der Waals surface area contributed by atoms with Crippen molar-refractivity contribution in [3.63, 3.8) is 0 Å². The lowest BCUT2D eigenvalue weighted by molar-refractivity contribution is 0.220. The van der Waals surface area contributed by atoms with Gasteiger partial charge in [0.05, 0.1) is 0 Å². The number of aliphatic hydroxyl groups is 1. The molecule has 0 bridgehead atoms. The monoisotopic (exact) mass is 112 g/mol. The maximum Gasteiger partial charge on any atom is 0.401 e. The SMILES string of the molecule is CO.O=C(O)Cl. The predicted molar refractivity (Wildman–Crippen MR) is 22.0 cm³/mol. The maximum atomic E-state index is 8.77. The van der Waals surface area contributed by atoms with Crippen LogP contribution in [0, 0.1) is 0 Å². The summed E-state index contributed by atoms with van der Waals surface area (Å²) in [6.07, 6.45) is 0. The Balaban J connectivity index is 0. The van der Waals surface area contributed by atoms with E-state index in [1.165, 1.54) is 0 Å². The van der Waals surface area contributed by atoms with Crippen molar-refractivity contribution >= 4 is 17.0 Å². The number of halogens is 1. The van der Waals surface area contributed by atoms with E-state index in [9.17, 15) is 0 Å². The standard InChI is InChI=1S/CHClO2.CH4O/c2-1(3)4;1-2/h(H,3,4);2H,1H3. The van der Waals surface area contributed by atoms with Crippen LogP contribution in [0.3, 0.4) is 0 Å². The highest BCUT2D eigenvalue weighted by Crippen LogP contribution is 1.67. The van der Waals surface area contributed by atoms with Gasteiger partial charge in [0.1, 0.15) is 0 Å². The Morgan fingerprint density at radius 3 is 1.67 bits per heavy atom. The third-order valence-electron chi connectivity index (χ3n) is 0. The molecule has 3 nitrogen and oxygen atoms in total. The zero-order valence-electron chi connectivity index (χ0n) is 3.18. The van der Waals surface area contributed by atoms with Crippen molar-refractivity contribution in [2.45, 2.75) is 0 Å². The molecule has 0 aliphatic heterocycles. The van der Waals surface area contributed by atoms with E-state index in [2.05, 4.69) is 11.6 Å². The van der Waals surface area contributed by atoms with Crippen LogP contribution >= 0.6 is 11.6 Å². The third kappa shape index (κ3) is 351. The van der Waals surface area contributed by atoms with Crippen LogP contribution in [0.5, 0.6) is 0 Å². The van der Waals surface area contributed by atoms with Crippen LogP contribution in [0.15, 0.2) is 0 Å². The average molecular weight is 113 g/mol. The van der Waals surface area contributed by atoms with Gasteiger partial charge in [0.2, 0.25) is 0 Å². The largest absolute Gasteiger partial charge is 0.469 e. The molecule has 0 spiro atoms. The van der Waals surface area contributed by atoms with Gasteiger partial charge in [-0.15, -0.1) is 0 Å². The minimum absolute atomic E-state index is 1.00. The number of aliphatic hydroxyl groups excluding tert-OH is 1. The normalized spacial score (nSPS) is 5.17. The summed E-state index contributed by atoms with van der Waals surface area (Å²) >= 11 is 4.19. The Hall–Kier alpha value is -0.280. The molecule has 4 heteroatoms. The molecule has 0 rings (SSSR count). The van der Waals surface area contributed by atoms with Crippen LogP contribution in [0.2, 0.25) is 0 Å². The van der Waals surface area contributed by atoms with Crippen LogP contribution in [0.25, 0.3) is 0 Å². The van der Waals surface area contributed by atoms with Crippen molar-refractivity contribution < 1.29 is 15.0 Å². The quantitative estimate of drug-likeness (QED) is 0.449. The molecule has 0 saturated heterocycles. The van der Waals surface area contributed by atoms with E-state index in [-0.39, 0.29) is 0 Å². The molecule has 0 saturated carbocycles. The molecule has 0 amide bonds. The first kappa shape index (κ1) is 9.21. The molecule has 38 valence electrons. The molecular formula is C2H5ClO3. The minimum Gasteiger partial charge on any atom is -0.469 e. The van der Waals surface area contributed by atoms with Gasteiger partial charge in [0, 0.05) is 18.7 Å². The first-order valence-corrected chi connectivity index (χ1v) is 1.44. The summed E-state index contributed by atoms with van der Waals surface area (Å²) in [6.45, 7) is 0. The number of hydrogen-bond donors (Lipinski definition) is 2. The van der Waals surface area contributed by atoms with Crippen LogP contribution in [-0.2, 0) is 0 Å². The number of rotatable bonds is 0. The molecule has 0 aliphatic rings. The second-order valence-corrected chi connectivity index (χ2v) is 0.576. The lowest BCUT2D eigenvalue weighted by Crippen LogP contribution is -1.66. The van der Waals surface area contributed by atoms with E-state index >= 15 is 0 Å². The van der Waals surface area contributed by atoms with Gasteiger partial charge in [0.15, 0.2) is 0 Å². The van der Waals surface area contributed by atoms with Crippen LogP contribution in [0.4, 0.5) is 4.79 Å². The molecule has 0 atom stereocenters.